The van der Waals surface area contributed by atoms with Crippen LogP contribution in [-0.2, 0) is 18.2 Å². The second kappa shape index (κ2) is 9.25. The van der Waals surface area contributed by atoms with Crippen molar-refractivity contribution in [3.8, 4) is 11.4 Å². The number of esters is 1. The number of rotatable bonds is 7. The minimum Gasteiger partial charge on any atom is -0.454 e. The van der Waals surface area contributed by atoms with Gasteiger partial charge in [0.2, 0.25) is 5.78 Å². The van der Waals surface area contributed by atoms with Gasteiger partial charge in [-0.3, -0.25) is 14.3 Å². The number of aromatic nitrogens is 4. The van der Waals surface area contributed by atoms with Gasteiger partial charge in [-0.1, -0.05) is 30.3 Å². The van der Waals surface area contributed by atoms with E-state index in [1.165, 1.54) is 0 Å². The molecule has 3 aromatic heterocycles. The molecule has 0 radical (unpaired) electrons. The van der Waals surface area contributed by atoms with Gasteiger partial charge in [0.05, 0.1) is 17.1 Å². The number of carbonyl (C=O) groups is 2. The number of hydrogen-bond donors (Lipinski definition) is 0. The van der Waals surface area contributed by atoms with Gasteiger partial charge in [-0.15, -0.1) is 0 Å². The smallest absolute Gasteiger partial charge is 0.344 e. The second-order valence-corrected chi connectivity index (χ2v) is 8.44. The molecular formula is C26H28N4O5. The Morgan fingerprint density at radius 1 is 1.06 bits per heavy atom. The molecule has 0 spiro atoms. The monoisotopic (exact) mass is 476 g/mol. The van der Waals surface area contributed by atoms with Crippen LogP contribution in [0.25, 0.3) is 11.4 Å². The highest BCUT2D eigenvalue weighted by molar-refractivity contribution is 6.01. The molecule has 0 unspecified atom stereocenters. The molecule has 9 nitrogen and oxygen atoms in total. The van der Waals surface area contributed by atoms with Crippen molar-refractivity contribution in [3.63, 3.8) is 0 Å². The van der Waals surface area contributed by atoms with Gasteiger partial charge in [0, 0.05) is 24.0 Å². The maximum Gasteiger partial charge on any atom is 0.344 e. The zero-order valence-corrected chi connectivity index (χ0v) is 20.7. The van der Waals surface area contributed by atoms with Gasteiger partial charge in [0.15, 0.2) is 6.61 Å². The van der Waals surface area contributed by atoms with Crippen LogP contribution in [0.3, 0.4) is 0 Å². The van der Waals surface area contributed by atoms with Gasteiger partial charge in [-0.2, -0.15) is 0 Å². The molecular weight excluding hydrogens is 448 g/mol. The first-order chi connectivity index (χ1) is 16.7. The minimum absolute atomic E-state index is 0.196. The molecule has 0 amide bonds. The fraction of sp³-hybridized carbons (Fsp3) is 0.308. The third kappa shape index (κ3) is 4.03. The Balaban J connectivity index is 1.65. The number of hydrogen-bond acceptors (Lipinski definition) is 6. The Kier molecular flexibility index (Phi) is 6.34. The van der Waals surface area contributed by atoms with Gasteiger partial charge in [-0.05, 0) is 52.3 Å². The van der Waals surface area contributed by atoms with E-state index < -0.39 is 12.6 Å². The minimum atomic E-state index is -0.646. The SMILES string of the molecule is CCc1noc(C)c1C(=O)OCC(=O)c1cc(C)n(-c2c(C)n(C)n(-c3ccccc3)c2=O)c1C. The van der Waals surface area contributed by atoms with Crippen LogP contribution in [0.4, 0.5) is 0 Å². The number of carbonyl (C=O) groups excluding carboxylic acids is 2. The summed E-state index contributed by atoms with van der Waals surface area (Å²) >= 11 is 0. The number of ether oxygens (including phenoxy) is 1. The Hall–Kier alpha value is -4.14. The van der Waals surface area contributed by atoms with Crippen molar-refractivity contribution >= 4 is 11.8 Å². The van der Waals surface area contributed by atoms with E-state index in [4.69, 9.17) is 9.26 Å². The third-order valence-corrected chi connectivity index (χ3v) is 6.29. The lowest BCUT2D eigenvalue weighted by atomic mass is 10.1. The predicted molar refractivity (Wildman–Crippen MR) is 130 cm³/mol. The van der Waals surface area contributed by atoms with Crippen molar-refractivity contribution in [2.75, 3.05) is 6.61 Å². The first-order valence-electron chi connectivity index (χ1n) is 11.4. The number of benzene rings is 1. The molecule has 0 saturated heterocycles. The normalized spacial score (nSPS) is 11.1. The third-order valence-electron chi connectivity index (χ3n) is 6.29. The molecule has 3 heterocycles. The summed E-state index contributed by atoms with van der Waals surface area (Å²) in [6.07, 6.45) is 0.508. The summed E-state index contributed by atoms with van der Waals surface area (Å²) in [5.41, 5.74) is 4.24. The highest BCUT2D eigenvalue weighted by Crippen LogP contribution is 2.23. The van der Waals surface area contributed by atoms with Gasteiger partial charge in [0.1, 0.15) is 17.0 Å². The number of nitrogens with zero attached hydrogens (tertiary/aromatic N) is 4. The molecule has 0 N–H and O–H groups in total. The maximum atomic E-state index is 13.5. The molecule has 0 saturated carbocycles. The highest BCUT2D eigenvalue weighted by Gasteiger charge is 2.25. The van der Waals surface area contributed by atoms with E-state index in [1.54, 1.807) is 33.8 Å². The van der Waals surface area contributed by atoms with Gasteiger partial charge < -0.3 is 13.8 Å². The summed E-state index contributed by atoms with van der Waals surface area (Å²) in [6.45, 7) is 8.53. The largest absolute Gasteiger partial charge is 0.454 e. The fourth-order valence-electron chi connectivity index (χ4n) is 4.40. The number of Topliss-reactive ketones (excluding diaryl/α,β-unsaturated/α-hetero) is 1. The molecule has 35 heavy (non-hydrogen) atoms. The quantitative estimate of drug-likeness (QED) is 0.297. The zero-order chi connectivity index (χ0) is 25.4. The molecule has 0 aliphatic carbocycles. The lowest BCUT2D eigenvalue weighted by Crippen LogP contribution is -2.22. The van der Waals surface area contributed by atoms with Crippen LogP contribution in [-0.4, -0.2) is 37.4 Å². The molecule has 182 valence electrons. The first-order valence-corrected chi connectivity index (χ1v) is 11.4. The average Bonchev–Trinajstić information content (AvgIpc) is 3.43. The average molecular weight is 477 g/mol. The summed E-state index contributed by atoms with van der Waals surface area (Å²) in [5, 5.41) is 3.85. The van der Waals surface area contributed by atoms with Crippen molar-refractivity contribution in [3.05, 3.63) is 86.4 Å². The molecule has 0 aliphatic rings. The van der Waals surface area contributed by atoms with Gasteiger partial charge in [-0.25, -0.2) is 9.48 Å². The molecule has 0 atom stereocenters. The topological polar surface area (TPSA) is 101 Å². The Morgan fingerprint density at radius 2 is 1.74 bits per heavy atom. The molecule has 0 fully saturated rings. The zero-order valence-electron chi connectivity index (χ0n) is 20.7. The number of para-hydroxylation sites is 1. The van der Waals surface area contributed by atoms with E-state index in [9.17, 15) is 14.4 Å². The standard InChI is InChI=1S/C26H28N4O5/c1-7-21-23(18(5)35-27-21)26(33)34-14-22(31)20-13-15(2)29(16(20)3)24-17(4)28(6)30(25(24)32)19-11-9-8-10-12-19/h8-13H,7,14H2,1-6H3. The van der Waals surface area contributed by atoms with Crippen molar-refractivity contribution in [2.45, 2.75) is 41.0 Å². The van der Waals surface area contributed by atoms with Crippen LogP contribution < -0.4 is 5.56 Å². The summed E-state index contributed by atoms with van der Waals surface area (Å²) < 4.78 is 15.5. The van der Waals surface area contributed by atoms with Gasteiger partial charge >= 0.3 is 5.97 Å². The van der Waals surface area contributed by atoms with E-state index in [-0.39, 0.29) is 16.9 Å². The Bertz CT molecular complexity index is 1480. The summed E-state index contributed by atoms with van der Waals surface area (Å²) in [4.78, 5) is 39.1. The van der Waals surface area contributed by atoms with Crippen LogP contribution in [0.2, 0.25) is 0 Å². The van der Waals surface area contributed by atoms with Crippen LogP contribution >= 0.6 is 0 Å². The molecule has 4 aromatic rings. The summed E-state index contributed by atoms with van der Waals surface area (Å²) in [6, 6.07) is 11.1. The maximum absolute atomic E-state index is 13.5. The van der Waals surface area contributed by atoms with Crippen LogP contribution in [0, 0.1) is 27.7 Å². The van der Waals surface area contributed by atoms with Crippen molar-refractivity contribution in [1.82, 2.24) is 19.1 Å². The van der Waals surface area contributed by atoms with Crippen molar-refractivity contribution < 1.29 is 18.8 Å². The summed E-state index contributed by atoms with van der Waals surface area (Å²) in [7, 11) is 1.82. The second-order valence-electron chi connectivity index (χ2n) is 8.44. The Labute approximate surface area is 202 Å². The van der Waals surface area contributed by atoms with E-state index in [1.807, 2.05) is 58.2 Å². The van der Waals surface area contributed by atoms with E-state index >= 15 is 0 Å². The summed E-state index contributed by atoms with van der Waals surface area (Å²) in [5.74, 6) is -0.652. The molecule has 4 rings (SSSR count). The molecule has 9 heteroatoms. The van der Waals surface area contributed by atoms with E-state index in [0.717, 1.165) is 17.1 Å². The fourth-order valence-corrected chi connectivity index (χ4v) is 4.40. The molecule has 1 aromatic carbocycles. The molecule has 0 aliphatic heterocycles. The van der Waals surface area contributed by atoms with Crippen LogP contribution in [0.1, 0.15) is 56.2 Å². The van der Waals surface area contributed by atoms with E-state index in [2.05, 4.69) is 5.16 Å². The first kappa shape index (κ1) is 24.0. The lowest BCUT2D eigenvalue weighted by molar-refractivity contribution is 0.0472. The van der Waals surface area contributed by atoms with Crippen molar-refractivity contribution in [2.24, 2.45) is 7.05 Å². The van der Waals surface area contributed by atoms with Crippen LogP contribution in [0.5, 0.6) is 0 Å². The highest BCUT2D eigenvalue weighted by atomic mass is 16.5. The number of aryl methyl sites for hydroxylation is 3. The lowest BCUT2D eigenvalue weighted by Gasteiger charge is -2.09. The van der Waals surface area contributed by atoms with Gasteiger partial charge in [0.25, 0.3) is 5.56 Å². The number of ketones is 1. The Morgan fingerprint density at radius 3 is 2.40 bits per heavy atom. The van der Waals surface area contributed by atoms with Crippen LogP contribution in [0.15, 0.2) is 45.7 Å². The molecule has 0 bridgehead atoms. The predicted octanol–water partition coefficient (Wildman–Crippen LogP) is 3.79. The van der Waals surface area contributed by atoms with E-state index in [0.29, 0.717) is 34.8 Å². The van der Waals surface area contributed by atoms with Crippen molar-refractivity contribution in [1.29, 1.82) is 0 Å².